The normalized spacial score (nSPS) is 10.0. The minimum Gasteiger partial charge on any atom is -0.324 e. The second-order valence-electron chi connectivity index (χ2n) is 4.92. The summed E-state index contributed by atoms with van der Waals surface area (Å²) < 4.78 is 0. The zero-order chi connectivity index (χ0) is 16.7. The van der Waals surface area contributed by atoms with Crippen molar-refractivity contribution in [2.45, 2.75) is 13.8 Å². The van der Waals surface area contributed by atoms with Crippen LogP contribution in [0.1, 0.15) is 13.8 Å². The van der Waals surface area contributed by atoms with Gasteiger partial charge in [0.15, 0.2) is 0 Å². The van der Waals surface area contributed by atoms with E-state index in [1.165, 1.54) is 4.90 Å². The van der Waals surface area contributed by atoms with Crippen LogP contribution in [0.15, 0.2) is 60.7 Å². The van der Waals surface area contributed by atoms with Gasteiger partial charge in [0.2, 0.25) is 0 Å². The van der Waals surface area contributed by atoms with Gasteiger partial charge in [0.05, 0.1) is 5.69 Å². The van der Waals surface area contributed by atoms with Gasteiger partial charge in [-0.1, -0.05) is 36.4 Å². The average Bonchev–Trinajstić information content (AvgIpc) is 2.58. The van der Waals surface area contributed by atoms with Gasteiger partial charge >= 0.3 is 12.1 Å². The molecule has 0 aliphatic carbocycles. The van der Waals surface area contributed by atoms with E-state index in [-0.39, 0.29) is 6.03 Å². The van der Waals surface area contributed by atoms with Crippen molar-refractivity contribution < 1.29 is 9.59 Å². The van der Waals surface area contributed by atoms with Gasteiger partial charge in [0.25, 0.3) is 0 Å². The lowest BCUT2D eigenvalue weighted by Gasteiger charge is -2.28. The summed E-state index contributed by atoms with van der Waals surface area (Å²) in [5.41, 5.74) is 1.18. The van der Waals surface area contributed by atoms with Crippen LogP contribution in [0.4, 0.5) is 21.0 Å². The Kier molecular flexibility index (Phi) is 5.74. The third-order valence-electron chi connectivity index (χ3n) is 3.47. The van der Waals surface area contributed by atoms with E-state index >= 15 is 0 Å². The van der Waals surface area contributed by atoms with Crippen LogP contribution in [-0.4, -0.2) is 30.1 Å². The van der Waals surface area contributed by atoms with Crippen LogP contribution >= 0.6 is 0 Å². The van der Waals surface area contributed by atoms with Crippen molar-refractivity contribution in [3.8, 4) is 0 Å². The van der Waals surface area contributed by atoms with Crippen molar-refractivity contribution in [1.82, 2.24) is 4.90 Å². The van der Waals surface area contributed by atoms with E-state index in [1.54, 1.807) is 41.3 Å². The number of rotatable bonds is 4. The minimum atomic E-state index is -0.473. The number of urea groups is 2. The summed E-state index contributed by atoms with van der Waals surface area (Å²) in [4.78, 5) is 28.2. The highest BCUT2D eigenvalue weighted by Gasteiger charge is 2.26. The molecular weight excluding hydrogens is 290 g/mol. The summed E-state index contributed by atoms with van der Waals surface area (Å²) in [6.07, 6.45) is 0. The van der Waals surface area contributed by atoms with E-state index < -0.39 is 6.03 Å². The van der Waals surface area contributed by atoms with Gasteiger partial charge in [-0.3, -0.25) is 0 Å². The molecule has 4 amide bonds. The lowest BCUT2D eigenvalue weighted by molar-refractivity contribution is 0.208. The van der Waals surface area contributed by atoms with Gasteiger partial charge < -0.3 is 10.2 Å². The summed E-state index contributed by atoms with van der Waals surface area (Å²) in [5, 5.41) is 2.76. The van der Waals surface area contributed by atoms with E-state index in [0.29, 0.717) is 24.5 Å². The monoisotopic (exact) mass is 311 g/mol. The highest BCUT2D eigenvalue weighted by atomic mass is 16.2. The van der Waals surface area contributed by atoms with Gasteiger partial charge in [-0.25, -0.2) is 14.5 Å². The first-order chi connectivity index (χ1) is 11.2. The molecule has 0 saturated heterocycles. The van der Waals surface area contributed by atoms with Crippen molar-refractivity contribution in [2.24, 2.45) is 0 Å². The first-order valence-electron chi connectivity index (χ1n) is 7.67. The summed E-state index contributed by atoms with van der Waals surface area (Å²) in [7, 11) is 0. The highest BCUT2D eigenvalue weighted by molar-refractivity contribution is 6.17. The Hall–Kier alpha value is -2.82. The molecule has 0 unspecified atom stereocenters. The maximum atomic E-state index is 12.7. The Morgan fingerprint density at radius 3 is 1.91 bits per heavy atom. The van der Waals surface area contributed by atoms with Crippen LogP contribution in [0.3, 0.4) is 0 Å². The SMILES string of the molecule is CCN(CC)C(=O)N(C(=O)Nc1ccccc1)c1ccccc1. The predicted octanol–water partition coefficient (Wildman–Crippen LogP) is 4.19. The number of anilines is 2. The van der Waals surface area contributed by atoms with Crippen molar-refractivity contribution >= 4 is 23.4 Å². The number of carbonyl (C=O) groups excluding carboxylic acids is 2. The summed E-state index contributed by atoms with van der Waals surface area (Å²) in [6, 6.07) is 17.2. The molecule has 23 heavy (non-hydrogen) atoms. The van der Waals surface area contributed by atoms with E-state index in [4.69, 9.17) is 0 Å². The number of nitrogens with one attached hydrogen (secondary N) is 1. The van der Waals surface area contributed by atoms with Gasteiger partial charge in [0.1, 0.15) is 0 Å². The molecule has 0 aliphatic heterocycles. The highest BCUT2D eigenvalue weighted by Crippen LogP contribution is 2.18. The summed E-state index contributed by atoms with van der Waals surface area (Å²) >= 11 is 0. The molecule has 0 fully saturated rings. The van der Waals surface area contributed by atoms with Crippen LogP contribution in [0, 0.1) is 0 Å². The van der Waals surface area contributed by atoms with E-state index in [2.05, 4.69) is 5.32 Å². The van der Waals surface area contributed by atoms with E-state index in [0.717, 1.165) is 0 Å². The molecular formula is C18H21N3O2. The molecule has 0 spiro atoms. The zero-order valence-corrected chi connectivity index (χ0v) is 13.4. The molecule has 0 aromatic heterocycles. The summed E-state index contributed by atoms with van der Waals surface area (Å²) in [5.74, 6) is 0. The topological polar surface area (TPSA) is 52.7 Å². The van der Waals surface area contributed by atoms with Crippen LogP contribution in [0.2, 0.25) is 0 Å². The Morgan fingerprint density at radius 2 is 1.39 bits per heavy atom. The number of imide groups is 1. The lowest BCUT2D eigenvalue weighted by atomic mass is 10.3. The number of nitrogens with zero attached hydrogens (tertiary/aromatic N) is 2. The van der Waals surface area contributed by atoms with E-state index in [1.807, 2.05) is 38.1 Å². The first kappa shape index (κ1) is 16.5. The fourth-order valence-electron chi connectivity index (χ4n) is 2.23. The molecule has 120 valence electrons. The van der Waals surface area contributed by atoms with E-state index in [9.17, 15) is 9.59 Å². The molecule has 0 bridgehead atoms. The molecule has 1 N–H and O–H groups in total. The van der Waals surface area contributed by atoms with Gasteiger partial charge in [0, 0.05) is 18.8 Å². The first-order valence-corrected chi connectivity index (χ1v) is 7.67. The zero-order valence-electron chi connectivity index (χ0n) is 13.4. The van der Waals surface area contributed by atoms with Crippen molar-refractivity contribution in [3.63, 3.8) is 0 Å². The number of amides is 4. The molecule has 2 rings (SSSR count). The van der Waals surface area contributed by atoms with Crippen LogP contribution in [-0.2, 0) is 0 Å². The second-order valence-corrected chi connectivity index (χ2v) is 4.92. The largest absolute Gasteiger partial charge is 0.334 e. The third kappa shape index (κ3) is 4.10. The van der Waals surface area contributed by atoms with Gasteiger partial charge in [-0.2, -0.15) is 0 Å². The van der Waals surface area contributed by atoms with Crippen LogP contribution in [0.25, 0.3) is 0 Å². The maximum absolute atomic E-state index is 12.7. The van der Waals surface area contributed by atoms with Crippen molar-refractivity contribution in [3.05, 3.63) is 60.7 Å². The predicted molar refractivity (Wildman–Crippen MR) is 92.7 cm³/mol. The quantitative estimate of drug-likeness (QED) is 0.920. The smallest absolute Gasteiger partial charge is 0.324 e. The average molecular weight is 311 g/mol. The Bertz CT molecular complexity index is 640. The Morgan fingerprint density at radius 1 is 0.870 bits per heavy atom. The molecule has 0 heterocycles. The van der Waals surface area contributed by atoms with Gasteiger partial charge in [-0.05, 0) is 38.1 Å². The Labute approximate surface area is 136 Å². The lowest BCUT2D eigenvalue weighted by Crippen LogP contribution is -2.48. The standard InChI is InChI=1S/C18H21N3O2/c1-3-20(4-2)18(23)21(16-13-9-6-10-14-16)17(22)19-15-11-7-5-8-12-15/h5-14H,3-4H2,1-2H3,(H,19,22). The number of hydrogen-bond donors (Lipinski definition) is 1. The molecule has 2 aromatic carbocycles. The molecule has 5 nitrogen and oxygen atoms in total. The molecule has 2 aromatic rings. The summed E-state index contributed by atoms with van der Waals surface area (Å²) in [6.45, 7) is 4.86. The second kappa shape index (κ2) is 7.98. The fraction of sp³-hybridized carbons (Fsp3) is 0.222. The molecule has 0 aliphatic rings. The van der Waals surface area contributed by atoms with Crippen LogP contribution in [0.5, 0.6) is 0 Å². The number of carbonyl (C=O) groups is 2. The molecule has 5 heteroatoms. The van der Waals surface area contributed by atoms with Gasteiger partial charge in [-0.15, -0.1) is 0 Å². The number of hydrogen-bond acceptors (Lipinski definition) is 2. The molecule has 0 atom stereocenters. The van der Waals surface area contributed by atoms with Crippen molar-refractivity contribution in [2.75, 3.05) is 23.3 Å². The Balaban J connectivity index is 2.30. The van der Waals surface area contributed by atoms with Crippen molar-refractivity contribution in [1.29, 1.82) is 0 Å². The maximum Gasteiger partial charge on any atom is 0.334 e. The molecule has 0 saturated carbocycles. The molecule has 0 radical (unpaired) electrons. The number of para-hydroxylation sites is 2. The number of benzene rings is 2. The fourth-order valence-corrected chi connectivity index (χ4v) is 2.23. The minimum absolute atomic E-state index is 0.338. The third-order valence-corrected chi connectivity index (χ3v) is 3.47. The van der Waals surface area contributed by atoms with Crippen LogP contribution < -0.4 is 10.2 Å².